The number of anilines is 2. The molecule has 1 unspecified atom stereocenters. The van der Waals surface area contributed by atoms with Crippen LogP contribution in [0.1, 0.15) is 5.56 Å². The van der Waals surface area contributed by atoms with Gasteiger partial charge in [-0.25, -0.2) is 4.98 Å². The molecule has 3 aliphatic heterocycles. The average Bonchev–Trinajstić information content (AvgIpc) is 3.38. The maximum atomic E-state index is 5.43. The van der Waals surface area contributed by atoms with Crippen LogP contribution in [0.3, 0.4) is 0 Å². The summed E-state index contributed by atoms with van der Waals surface area (Å²) in [7, 11) is 0. The number of hydrogen-bond acceptors (Lipinski definition) is 7. The lowest BCUT2D eigenvalue weighted by atomic mass is 10.1. The summed E-state index contributed by atoms with van der Waals surface area (Å²) in [6.07, 6.45) is 14.1. The van der Waals surface area contributed by atoms with E-state index in [2.05, 4.69) is 66.2 Å². The first-order chi connectivity index (χ1) is 13.3. The van der Waals surface area contributed by atoms with E-state index >= 15 is 0 Å². The summed E-state index contributed by atoms with van der Waals surface area (Å²) in [6, 6.07) is 4.12. The molecule has 8 nitrogen and oxygen atoms in total. The standard InChI is InChI=1S/C19H21N7O/c1-2-19-24-18(13-26(19)12-14(1)15-10-21-22-11-15)23-17-9-16(3-4-20-17)25-5-7-27-8-6-25/h1-4,9-13,19,24H,5-8H2,(H,20,23)(H,21,22). The normalized spacial score (nSPS) is 21.4. The van der Waals surface area contributed by atoms with E-state index in [1.165, 1.54) is 0 Å². The molecule has 138 valence electrons. The lowest BCUT2D eigenvalue weighted by molar-refractivity contribution is 0.122. The van der Waals surface area contributed by atoms with Crippen molar-refractivity contribution in [2.24, 2.45) is 0 Å². The summed E-state index contributed by atoms with van der Waals surface area (Å²) in [5.74, 6) is 1.74. The van der Waals surface area contributed by atoms with Gasteiger partial charge in [0, 0.05) is 60.8 Å². The first-order valence-corrected chi connectivity index (χ1v) is 9.06. The van der Waals surface area contributed by atoms with Crippen LogP contribution in [0.15, 0.2) is 61.1 Å². The maximum Gasteiger partial charge on any atom is 0.133 e. The van der Waals surface area contributed by atoms with Crippen LogP contribution in [0.5, 0.6) is 0 Å². The Labute approximate surface area is 157 Å². The minimum Gasteiger partial charge on any atom is -0.378 e. The Morgan fingerprint density at radius 1 is 1.22 bits per heavy atom. The third-order valence-electron chi connectivity index (χ3n) is 4.86. The fourth-order valence-electron chi connectivity index (χ4n) is 3.46. The summed E-state index contributed by atoms with van der Waals surface area (Å²) in [5, 5.41) is 13.7. The first-order valence-electron chi connectivity index (χ1n) is 9.06. The van der Waals surface area contributed by atoms with Gasteiger partial charge in [0.25, 0.3) is 0 Å². The summed E-state index contributed by atoms with van der Waals surface area (Å²) in [6.45, 7) is 3.36. The van der Waals surface area contributed by atoms with Crippen molar-refractivity contribution < 1.29 is 4.74 Å². The number of rotatable bonds is 4. The van der Waals surface area contributed by atoms with Crippen LogP contribution in [0.25, 0.3) is 5.57 Å². The average molecular weight is 363 g/mol. The predicted molar refractivity (Wildman–Crippen MR) is 103 cm³/mol. The number of hydrogen-bond donors (Lipinski definition) is 3. The third-order valence-corrected chi connectivity index (χ3v) is 4.86. The Balaban J connectivity index is 1.31. The van der Waals surface area contributed by atoms with Crippen LogP contribution < -0.4 is 15.5 Å². The van der Waals surface area contributed by atoms with Crippen molar-refractivity contribution in [1.29, 1.82) is 0 Å². The summed E-state index contributed by atoms with van der Waals surface area (Å²) in [4.78, 5) is 8.91. The molecule has 0 radical (unpaired) electrons. The van der Waals surface area contributed by atoms with Gasteiger partial charge in [0.15, 0.2) is 0 Å². The third kappa shape index (κ3) is 3.26. The number of nitrogens with zero attached hydrogens (tertiary/aromatic N) is 4. The monoisotopic (exact) mass is 363 g/mol. The molecule has 8 heteroatoms. The fourth-order valence-corrected chi connectivity index (χ4v) is 3.46. The summed E-state index contributed by atoms with van der Waals surface area (Å²) >= 11 is 0. The highest BCUT2D eigenvalue weighted by atomic mass is 16.5. The fraction of sp³-hybridized carbons (Fsp3) is 0.263. The van der Waals surface area contributed by atoms with E-state index in [-0.39, 0.29) is 6.17 Å². The Hall–Kier alpha value is -3.26. The molecule has 2 aromatic heterocycles. The minimum atomic E-state index is 0.102. The zero-order valence-electron chi connectivity index (χ0n) is 14.8. The van der Waals surface area contributed by atoms with Crippen molar-refractivity contribution in [2.45, 2.75) is 6.17 Å². The van der Waals surface area contributed by atoms with Gasteiger partial charge in [-0.1, -0.05) is 6.08 Å². The van der Waals surface area contributed by atoms with E-state index in [1.54, 1.807) is 0 Å². The van der Waals surface area contributed by atoms with Crippen molar-refractivity contribution in [2.75, 3.05) is 36.5 Å². The number of aromatic amines is 1. The topological polar surface area (TPSA) is 81.3 Å². The van der Waals surface area contributed by atoms with Crippen LogP contribution in [-0.2, 0) is 4.74 Å². The van der Waals surface area contributed by atoms with Gasteiger partial charge in [-0.15, -0.1) is 0 Å². The molecule has 0 amide bonds. The highest BCUT2D eigenvalue weighted by Crippen LogP contribution is 2.26. The Morgan fingerprint density at radius 3 is 3.00 bits per heavy atom. The quantitative estimate of drug-likeness (QED) is 0.763. The van der Waals surface area contributed by atoms with Gasteiger partial charge < -0.3 is 25.2 Å². The second-order valence-corrected chi connectivity index (χ2v) is 6.63. The number of nitrogens with one attached hydrogen (secondary N) is 3. The van der Waals surface area contributed by atoms with Gasteiger partial charge in [0.05, 0.1) is 19.4 Å². The van der Waals surface area contributed by atoms with E-state index < -0.39 is 0 Å². The largest absolute Gasteiger partial charge is 0.378 e. The number of aromatic nitrogens is 3. The Bertz CT molecular complexity index is 897. The molecule has 1 saturated heterocycles. The van der Waals surface area contributed by atoms with Gasteiger partial charge >= 0.3 is 0 Å². The molecule has 1 fully saturated rings. The van der Waals surface area contributed by atoms with E-state index in [4.69, 9.17) is 4.74 Å². The Morgan fingerprint density at radius 2 is 2.15 bits per heavy atom. The zero-order chi connectivity index (χ0) is 18.1. The molecular formula is C19H21N7O. The van der Waals surface area contributed by atoms with Gasteiger partial charge in [-0.2, -0.15) is 5.10 Å². The Kier molecular flexibility index (Phi) is 4.02. The lowest BCUT2D eigenvalue weighted by Gasteiger charge is -2.29. The molecule has 1 atom stereocenters. The van der Waals surface area contributed by atoms with Crippen molar-refractivity contribution in [3.8, 4) is 0 Å². The molecule has 0 aliphatic carbocycles. The van der Waals surface area contributed by atoms with E-state index in [0.717, 1.165) is 54.8 Å². The summed E-state index contributed by atoms with van der Waals surface area (Å²) in [5.41, 5.74) is 3.35. The number of ether oxygens (including phenoxy) is 1. The van der Waals surface area contributed by atoms with Crippen molar-refractivity contribution >= 4 is 17.1 Å². The number of H-pyrrole nitrogens is 1. The van der Waals surface area contributed by atoms with Crippen molar-refractivity contribution in [3.63, 3.8) is 0 Å². The highest BCUT2D eigenvalue weighted by Gasteiger charge is 2.24. The van der Waals surface area contributed by atoms with E-state index in [1.807, 2.05) is 24.7 Å². The molecule has 27 heavy (non-hydrogen) atoms. The second kappa shape index (κ2) is 6.81. The molecule has 5 rings (SSSR count). The highest BCUT2D eigenvalue weighted by molar-refractivity contribution is 5.74. The molecule has 0 spiro atoms. The van der Waals surface area contributed by atoms with Crippen molar-refractivity contribution in [3.05, 3.63) is 66.7 Å². The SMILES string of the molecule is C1=CC2NC(Nc3cc(N4CCOCC4)ccn3)=CN2C=C1c1cn[nH]c1. The molecule has 3 aliphatic rings. The van der Waals surface area contributed by atoms with Gasteiger partial charge in [-0.05, 0) is 12.1 Å². The van der Waals surface area contributed by atoms with Crippen LogP contribution in [-0.4, -0.2) is 52.6 Å². The van der Waals surface area contributed by atoms with Crippen LogP contribution in [0.2, 0.25) is 0 Å². The minimum absolute atomic E-state index is 0.102. The summed E-state index contributed by atoms with van der Waals surface area (Å²) < 4.78 is 5.43. The molecule has 0 saturated carbocycles. The van der Waals surface area contributed by atoms with Gasteiger partial charge in [0.1, 0.15) is 17.8 Å². The van der Waals surface area contributed by atoms with E-state index in [9.17, 15) is 0 Å². The molecule has 0 bridgehead atoms. The number of allylic oxidation sites excluding steroid dienone is 2. The van der Waals surface area contributed by atoms with Crippen LogP contribution in [0, 0.1) is 0 Å². The molecule has 5 heterocycles. The maximum absolute atomic E-state index is 5.43. The predicted octanol–water partition coefficient (Wildman–Crippen LogP) is 1.69. The number of morpholine rings is 1. The molecule has 0 aromatic carbocycles. The second-order valence-electron chi connectivity index (χ2n) is 6.63. The molecule has 3 N–H and O–H groups in total. The van der Waals surface area contributed by atoms with Crippen LogP contribution >= 0.6 is 0 Å². The van der Waals surface area contributed by atoms with E-state index in [0.29, 0.717) is 0 Å². The zero-order valence-corrected chi connectivity index (χ0v) is 14.8. The number of fused-ring (bicyclic) bond motifs is 1. The van der Waals surface area contributed by atoms with Gasteiger partial charge in [0.2, 0.25) is 0 Å². The molecule has 2 aromatic rings. The lowest BCUT2D eigenvalue weighted by Crippen LogP contribution is -2.36. The smallest absolute Gasteiger partial charge is 0.133 e. The number of pyridine rings is 1. The first kappa shape index (κ1) is 16.0. The van der Waals surface area contributed by atoms with Crippen LogP contribution in [0.4, 0.5) is 11.5 Å². The van der Waals surface area contributed by atoms with Crippen molar-refractivity contribution in [1.82, 2.24) is 25.4 Å². The van der Waals surface area contributed by atoms with Gasteiger partial charge in [-0.3, -0.25) is 5.10 Å². The molecular weight excluding hydrogens is 342 g/mol.